The van der Waals surface area contributed by atoms with Gasteiger partial charge in [-0.15, -0.1) is 0 Å². The number of amides is 2. The van der Waals surface area contributed by atoms with Gasteiger partial charge in [-0.3, -0.25) is 14.5 Å². The van der Waals surface area contributed by atoms with Crippen molar-refractivity contribution in [3.63, 3.8) is 0 Å². The molecule has 0 aromatic heterocycles. The molecule has 0 aliphatic carbocycles. The maximum atomic E-state index is 13.5. The summed E-state index contributed by atoms with van der Waals surface area (Å²) >= 11 is 0. The summed E-state index contributed by atoms with van der Waals surface area (Å²) in [7, 11) is -4.11. The summed E-state index contributed by atoms with van der Waals surface area (Å²) < 4.78 is 27.1. The Morgan fingerprint density at radius 3 is 2.34 bits per heavy atom. The minimum Gasteiger partial charge on any atom is -0.507 e. The summed E-state index contributed by atoms with van der Waals surface area (Å²) in [5.41, 5.74) is 3.07. The van der Waals surface area contributed by atoms with E-state index in [9.17, 15) is 28.2 Å². The van der Waals surface area contributed by atoms with E-state index in [1.165, 1.54) is 6.07 Å². The van der Waals surface area contributed by atoms with Gasteiger partial charge in [0.2, 0.25) is 11.8 Å². The summed E-state index contributed by atoms with van der Waals surface area (Å²) in [6, 6.07) is 6.88. The molecule has 1 aliphatic heterocycles. The normalized spacial score (nSPS) is 14.1. The molecule has 188 valence electrons. The summed E-state index contributed by atoms with van der Waals surface area (Å²) in [5, 5.41) is 22.3. The summed E-state index contributed by atoms with van der Waals surface area (Å²) in [6.45, 7) is 9.38. The van der Waals surface area contributed by atoms with Crippen molar-refractivity contribution in [3.05, 3.63) is 47.5 Å². The van der Waals surface area contributed by atoms with Crippen LogP contribution in [0.1, 0.15) is 62.6 Å². The van der Waals surface area contributed by atoms with E-state index in [0.717, 1.165) is 23.3 Å². The molecular formula is C27H33NO6S. The zero-order valence-electron chi connectivity index (χ0n) is 20.6. The number of hydrogen-bond donors (Lipinski definition) is 2. The minimum absolute atomic E-state index is 0.0258. The summed E-state index contributed by atoms with van der Waals surface area (Å²) in [5.74, 6) is -2.04. The van der Waals surface area contributed by atoms with Crippen LogP contribution in [0.25, 0.3) is 16.7 Å². The molecular weight excluding hydrogens is 466 g/mol. The third-order valence-electron chi connectivity index (χ3n) is 6.31. The minimum atomic E-state index is -4.11. The van der Waals surface area contributed by atoms with Crippen molar-refractivity contribution < 1.29 is 28.2 Å². The molecule has 1 fully saturated rings. The van der Waals surface area contributed by atoms with Gasteiger partial charge in [0, 0.05) is 19.4 Å². The van der Waals surface area contributed by atoms with Crippen molar-refractivity contribution in [1.29, 1.82) is 0 Å². The van der Waals surface area contributed by atoms with Crippen LogP contribution in [0.2, 0.25) is 0 Å². The number of nitrogens with zero attached hydrogens (tertiary/aromatic N) is 1. The van der Waals surface area contributed by atoms with Gasteiger partial charge in [0.25, 0.3) is 0 Å². The lowest BCUT2D eigenvalue weighted by atomic mass is 9.91. The Bertz CT molecular complexity index is 1260. The van der Waals surface area contributed by atoms with Crippen molar-refractivity contribution >= 4 is 27.2 Å². The van der Waals surface area contributed by atoms with Crippen LogP contribution >= 0.6 is 0 Å². The Hall–Kier alpha value is -3.13. The first-order chi connectivity index (χ1) is 16.5. The Kier molecular flexibility index (Phi) is 8.05. The number of sulfone groups is 1. The molecule has 35 heavy (non-hydrogen) atoms. The van der Waals surface area contributed by atoms with Crippen LogP contribution in [0.3, 0.4) is 0 Å². The Labute approximate surface area is 207 Å². The molecule has 3 rings (SSSR count). The van der Waals surface area contributed by atoms with E-state index >= 15 is 0 Å². The second kappa shape index (κ2) is 10.6. The number of unbranched alkanes of at least 4 members (excludes halogenated alkanes) is 2. The van der Waals surface area contributed by atoms with Crippen molar-refractivity contribution in [2.75, 3.05) is 12.3 Å². The number of phenolic OH excluding ortho intramolecular Hbond substituents is 2. The highest BCUT2D eigenvalue weighted by atomic mass is 32.2. The smallest absolute Gasteiger partial charge is 0.229 e. The molecule has 0 unspecified atom stereocenters. The SMILES string of the molecule is C=C(C)c1ccc(C)cc1-c1c(O)cc(CCCCC)c(S(=O)(=O)CCN2C(=O)CCC2=O)c1O. The molecule has 0 spiro atoms. The average Bonchev–Trinajstić information content (AvgIpc) is 3.09. The van der Waals surface area contributed by atoms with Crippen molar-refractivity contribution in [2.45, 2.75) is 64.2 Å². The Morgan fingerprint density at radius 2 is 1.74 bits per heavy atom. The topological polar surface area (TPSA) is 112 Å². The van der Waals surface area contributed by atoms with Gasteiger partial charge in [-0.1, -0.05) is 55.7 Å². The Balaban J connectivity index is 2.16. The lowest BCUT2D eigenvalue weighted by Gasteiger charge is -2.20. The third-order valence-corrected chi connectivity index (χ3v) is 8.11. The quantitative estimate of drug-likeness (QED) is 0.360. The number of allylic oxidation sites excluding steroid dienone is 1. The fraction of sp³-hybridized carbons (Fsp3) is 0.407. The van der Waals surface area contributed by atoms with Crippen LogP contribution < -0.4 is 0 Å². The summed E-state index contributed by atoms with van der Waals surface area (Å²) in [4.78, 5) is 24.7. The summed E-state index contributed by atoms with van der Waals surface area (Å²) in [6.07, 6.45) is 2.97. The second-order valence-electron chi connectivity index (χ2n) is 9.15. The molecule has 2 aromatic rings. The van der Waals surface area contributed by atoms with Gasteiger partial charge in [0.1, 0.15) is 16.4 Å². The van der Waals surface area contributed by atoms with E-state index in [4.69, 9.17) is 0 Å². The van der Waals surface area contributed by atoms with Crippen LogP contribution in [0.4, 0.5) is 0 Å². The zero-order valence-corrected chi connectivity index (χ0v) is 21.4. The lowest BCUT2D eigenvalue weighted by Crippen LogP contribution is -2.34. The first-order valence-electron chi connectivity index (χ1n) is 11.9. The van der Waals surface area contributed by atoms with E-state index < -0.39 is 33.2 Å². The fourth-order valence-corrected chi connectivity index (χ4v) is 6.06. The molecule has 7 nitrogen and oxygen atoms in total. The number of rotatable bonds is 10. The van der Waals surface area contributed by atoms with Crippen LogP contribution in [-0.4, -0.2) is 47.6 Å². The van der Waals surface area contributed by atoms with E-state index in [2.05, 4.69) is 6.58 Å². The third kappa shape index (κ3) is 5.59. The molecule has 2 aromatic carbocycles. The first kappa shape index (κ1) is 26.5. The monoisotopic (exact) mass is 499 g/mol. The van der Waals surface area contributed by atoms with E-state index in [-0.39, 0.29) is 35.6 Å². The highest BCUT2D eigenvalue weighted by Crippen LogP contribution is 2.46. The number of aromatic hydroxyl groups is 2. The van der Waals surface area contributed by atoms with Gasteiger partial charge in [-0.05, 0) is 49.4 Å². The largest absolute Gasteiger partial charge is 0.507 e. The number of benzene rings is 2. The molecule has 2 N–H and O–H groups in total. The predicted octanol–water partition coefficient (Wildman–Crippen LogP) is 4.76. The number of carbonyl (C=O) groups is 2. The first-order valence-corrected chi connectivity index (χ1v) is 13.5. The number of carbonyl (C=O) groups excluding carboxylic acids is 2. The Morgan fingerprint density at radius 1 is 1.09 bits per heavy atom. The lowest BCUT2D eigenvalue weighted by molar-refractivity contribution is -0.137. The predicted molar refractivity (Wildman–Crippen MR) is 136 cm³/mol. The molecule has 0 radical (unpaired) electrons. The number of phenols is 2. The molecule has 1 aliphatic rings. The number of likely N-dealkylation sites (tertiary alicyclic amines) is 1. The zero-order chi connectivity index (χ0) is 25.9. The average molecular weight is 500 g/mol. The van der Waals surface area contributed by atoms with Crippen molar-refractivity contribution in [1.82, 2.24) is 4.90 Å². The molecule has 0 saturated carbocycles. The fourth-order valence-electron chi connectivity index (χ4n) is 4.48. The van der Waals surface area contributed by atoms with Crippen LogP contribution in [0.5, 0.6) is 11.5 Å². The molecule has 0 atom stereocenters. The number of imide groups is 1. The molecule has 1 heterocycles. The van der Waals surface area contributed by atoms with Crippen molar-refractivity contribution in [3.8, 4) is 22.6 Å². The van der Waals surface area contributed by atoms with Gasteiger partial charge < -0.3 is 10.2 Å². The van der Waals surface area contributed by atoms with Gasteiger partial charge in [0.15, 0.2) is 9.84 Å². The van der Waals surface area contributed by atoms with Gasteiger partial charge >= 0.3 is 0 Å². The van der Waals surface area contributed by atoms with Crippen LogP contribution in [0, 0.1) is 6.92 Å². The standard InChI is InChI=1S/C27H33NO6S/c1-5-6-7-8-19-16-22(29)25(21-15-18(4)9-10-20(21)17(2)3)26(32)27(19)35(33,34)14-13-28-23(30)11-12-24(28)31/h9-10,15-16,29,32H,2,5-8,11-14H2,1,3-4H3. The molecule has 2 amide bonds. The molecule has 0 bridgehead atoms. The van der Waals surface area contributed by atoms with Gasteiger partial charge in [-0.2, -0.15) is 0 Å². The molecule has 8 heteroatoms. The maximum absolute atomic E-state index is 13.5. The highest BCUT2D eigenvalue weighted by Gasteiger charge is 2.33. The number of aryl methyl sites for hydroxylation is 2. The number of hydrogen-bond acceptors (Lipinski definition) is 6. The van der Waals surface area contributed by atoms with Crippen LogP contribution in [-0.2, 0) is 25.8 Å². The van der Waals surface area contributed by atoms with Crippen LogP contribution in [0.15, 0.2) is 35.7 Å². The van der Waals surface area contributed by atoms with Gasteiger partial charge in [-0.25, -0.2) is 8.42 Å². The highest BCUT2D eigenvalue weighted by molar-refractivity contribution is 7.91. The maximum Gasteiger partial charge on any atom is 0.229 e. The van der Waals surface area contributed by atoms with E-state index in [1.54, 1.807) is 13.0 Å². The molecule has 1 saturated heterocycles. The van der Waals surface area contributed by atoms with Gasteiger partial charge in [0.05, 0.1) is 11.3 Å². The second-order valence-corrected chi connectivity index (χ2v) is 11.2. The van der Waals surface area contributed by atoms with E-state index in [1.807, 2.05) is 26.0 Å². The van der Waals surface area contributed by atoms with Crippen molar-refractivity contribution in [2.24, 2.45) is 0 Å². The van der Waals surface area contributed by atoms with E-state index in [0.29, 0.717) is 35.1 Å².